The molecule has 0 aromatic heterocycles. The number of hydrogen-bond donors (Lipinski definition) is 0. The molecule has 0 aromatic carbocycles. The lowest BCUT2D eigenvalue weighted by Crippen LogP contribution is -2.55. The Labute approximate surface area is 140 Å². The van der Waals surface area contributed by atoms with E-state index < -0.39 is 0 Å². The number of ether oxygens (including phenoxy) is 1. The average molecular weight is 313 g/mol. The minimum Gasteiger partial charge on any atom is -0.370 e. The molecule has 22 heavy (non-hydrogen) atoms. The van der Waals surface area contributed by atoms with Crippen LogP contribution in [-0.4, -0.2) is 43.9 Å². The van der Waals surface area contributed by atoms with E-state index in [9.17, 15) is 0 Å². The summed E-state index contributed by atoms with van der Waals surface area (Å²) in [5.74, 6) is 0. The molecule has 0 atom stereocenters. The molecule has 0 aliphatic carbocycles. The van der Waals surface area contributed by atoms with E-state index in [1.165, 1.54) is 108 Å². The van der Waals surface area contributed by atoms with E-state index in [0.717, 1.165) is 13.2 Å². The van der Waals surface area contributed by atoms with E-state index in [4.69, 9.17) is 4.74 Å². The molecular weight excluding hydrogens is 270 g/mol. The van der Waals surface area contributed by atoms with Crippen molar-refractivity contribution in [3.63, 3.8) is 0 Å². The number of quaternary nitrogens is 1. The normalized spacial score (nSPS) is 17.7. The van der Waals surface area contributed by atoms with Crippen LogP contribution in [0.3, 0.4) is 0 Å². The third-order valence-corrected chi connectivity index (χ3v) is 5.58. The number of morpholine rings is 1. The van der Waals surface area contributed by atoms with Crippen molar-refractivity contribution >= 4 is 0 Å². The van der Waals surface area contributed by atoms with E-state index in [0.29, 0.717) is 0 Å². The molecule has 0 aromatic rings. The molecule has 1 rings (SSSR count). The molecule has 0 bridgehead atoms. The van der Waals surface area contributed by atoms with Crippen molar-refractivity contribution in [2.75, 3.05) is 39.4 Å². The molecule has 0 radical (unpaired) electrons. The van der Waals surface area contributed by atoms with Crippen molar-refractivity contribution in [2.24, 2.45) is 0 Å². The lowest BCUT2D eigenvalue weighted by atomic mass is 10.0. The van der Waals surface area contributed by atoms with Gasteiger partial charge in [-0.15, -0.1) is 0 Å². The third kappa shape index (κ3) is 9.15. The second-order valence-electron chi connectivity index (χ2n) is 7.33. The summed E-state index contributed by atoms with van der Waals surface area (Å²) in [7, 11) is 0. The molecule has 2 heteroatoms. The van der Waals surface area contributed by atoms with Crippen molar-refractivity contribution in [1.82, 2.24) is 0 Å². The molecule has 1 aliphatic heterocycles. The minimum atomic E-state index is 0.978. The molecule has 0 unspecified atom stereocenters. The van der Waals surface area contributed by atoms with Gasteiger partial charge in [-0.25, -0.2) is 0 Å². The fourth-order valence-corrected chi connectivity index (χ4v) is 3.72. The second kappa shape index (κ2) is 13.4. The van der Waals surface area contributed by atoms with Crippen LogP contribution in [0.4, 0.5) is 0 Å². The summed E-state index contributed by atoms with van der Waals surface area (Å²) >= 11 is 0. The van der Waals surface area contributed by atoms with Gasteiger partial charge in [-0.3, -0.25) is 0 Å². The van der Waals surface area contributed by atoms with E-state index >= 15 is 0 Å². The van der Waals surface area contributed by atoms with Gasteiger partial charge in [0.25, 0.3) is 0 Å². The highest BCUT2D eigenvalue weighted by molar-refractivity contribution is 4.52. The van der Waals surface area contributed by atoms with Gasteiger partial charge in [-0.05, 0) is 19.8 Å². The van der Waals surface area contributed by atoms with Gasteiger partial charge >= 0.3 is 0 Å². The predicted molar refractivity (Wildman–Crippen MR) is 97.3 cm³/mol. The van der Waals surface area contributed by atoms with Crippen LogP contribution in [0, 0.1) is 0 Å². The number of rotatable bonds is 14. The molecule has 1 fully saturated rings. The molecule has 0 N–H and O–H groups in total. The topological polar surface area (TPSA) is 9.23 Å². The largest absolute Gasteiger partial charge is 0.370 e. The summed E-state index contributed by atoms with van der Waals surface area (Å²) in [5.41, 5.74) is 0. The smallest absolute Gasteiger partial charge is 0.102 e. The van der Waals surface area contributed by atoms with Gasteiger partial charge in [0.1, 0.15) is 13.1 Å². The summed E-state index contributed by atoms with van der Waals surface area (Å²) in [5, 5.41) is 0. The highest BCUT2D eigenvalue weighted by Gasteiger charge is 2.27. The Morgan fingerprint density at radius 3 is 1.55 bits per heavy atom. The second-order valence-corrected chi connectivity index (χ2v) is 7.33. The van der Waals surface area contributed by atoms with Gasteiger partial charge in [0.05, 0.1) is 26.3 Å². The van der Waals surface area contributed by atoms with Crippen molar-refractivity contribution in [1.29, 1.82) is 0 Å². The Bertz CT molecular complexity index is 236. The van der Waals surface area contributed by atoms with Crippen LogP contribution in [0.25, 0.3) is 0 Å². The Morgan fingerprint density at radius 2 is 1.09 bits per heavy atom. The Morgan fingerprint density at radius 1 is 0.636 bits per heavy atom. The van der Waals surface area contributed by atoms with E-state index in [1.807, 2.05) is 0 Å². The standard InChI is InChI=1S/C20H42NO/c1-3-5-6-7-8-9-10-11-12-13-14-15-16-21(4-2)17-19-22-20-18-21/h3-20H2,1-2H3/q+1. The monoisotopic (exact) mass is 312 g/mol. The first-order chi connectivity index (χ1) is 10.8. The molecule has 0 amide bonds. The molecular formula is C20H42NO+. The van der Waals surface area contributed by atoms with Crippen molar-refractivity contribution in [2.45, 2.75) is 90.9 Å². The maximum atomic E-state index is 5.52. The first-order valence-corrected chi connectivity index (χ1v) is 10.3. The minimum absolute atomic E-state index is 0.978. The van der Waals surface area contributed by atoms with Crippen molar-refractivity contribution in [3.05, 3.63) is 0 Å². The summed E-state index contributed by atoms with van der Waals surface area (Å²) in [6.07, 6.45) is 17.4. The Kier molecular flexibility index (Phi) is 12.1. The third-order valence-electron chi connectivity index (χ3n) is 5.58. The van der Waals surface area contributed by atoms with Gasteiger partial charge in [-0.1, -0.05) is 71.1 Å². The van der Waals surface area contributed by atoms with Crippen LogP contribution in [0.5, 0.6) is 0 Å². The summed E-state index contributed by atoms with van der Waals surface area (Å²) in [4.78, 5) is 0. The number of nitrogens with zero attached hydrogens (tertiary/aromatic N) is 1. The van der Waals surface area contributed by atoms with Crippen LogP contribution >= 0.6 is 0 Å². The zero-order chi connectivity index (χ0) is 15.9. The molecule has 0 saturated carbocycles. The van der Waals surface area contributed by atoms with E-state index in [2.05, 4.69) is 13.8 Å². The van der Waals surface area contributed by atoms with E-state index in [-0.39, 0.29) is 0 Å². The summed E-state index contributed by atoms with van der Waals surface area (Å²) < 4.78 is 6.84. The average Bonchev–Trinajstić information content (AvgIpc) is 2.57. The van der Waals surface area contributed by atoms with Crippen LogP contribution < -0.4 is 0 Å². The van der Waals surface area contributed by atoms with Crippen LogP contribution in [-0.2, 0) is 4.74 Å². The van der Waals surface area contributed by atoms with Gasteiger partial charge in [0.2, 0.25) is 0 Å². The molecule has 1 aliphatic rings. The van der Waals surface area contributed by atoms with Crippen molar-refractivity contribution < 1.29 is 9.22 Å². The zero-order valence-electron chi connectivity index (χ0n) is 15.6. The predicted octanol–water partition coefficient (Wildman–Crippen LogP) is 5.55. The number of unbranched alkanes of at least 4 members (excludes halogenated alkanes) is 11. The van der Waals surface area contributed by atoms with Crippen LogP contribution in [0.15, 0.2) is 0 Å². The molecule has 0 spiro atoms. The number of likely N-dealkylation sites (N-methyl/N-ethyl adjacent to an activating group) is 1. The Hall–Kier alpha value is -0.0800. The first-order valence-electron chi connectivity index (χ1n) is 10.3. The number of hydrogen-bond acceptors (Lipinski definition) is 1. The Balaban J connectivity index is 1.85. The SMILES string of the molecule is CCCCCCCCCCCCCC[N+]1(CC)CCOCC1. The van der Waals surface area contributed by atoms with E-state index in [1.54, 1.807) is 0 Å². The lowest BCUT2D eigenvalue weighted by Gasteiger charge is -2.40. The van der Waals surface area contributed by atoms with Gasteiger partial charge in [0, 0.05) is 0 Å². The van der Waals surface area contributed by atoms with Gasteiger partial charge in [-0.2, -0.15) is 0 Å². The van der Waals surface area contributed by atoms with Crippen molar-refractivity contribution in [3.8, 4) is 0 Å². The molecule has 2 nitrogen and oxygen atoms in total. The van der Waals surface area contributed by atoms with Crippen LogP contribution in [0.1, 0.15) is 90.9 Å². The summed E-state index contributed by atoms with van der Waals surface area (Å²) in [6.45, 7) is 11.8. The van der Waals surface area contributed by atoms with Crippen LogP contribution in [0.2, 0.25) is 0 Å². The van der Waals surface area contributed by atoms with Gasteiger partial charge in [0.15, 0.2) is 0 Å². The first kappa shape index (κ1) is 20.0. The highest BCUT2D eigenvalue weighted by atomic mass is 16.5. The molecule has 1 heterocycles. The highest BCUT2D eigenvalue weighted by Crippen LogP contribution is 2.15. The fraction of sp³-hybridized carbons (Fsp3) is 1.00. The zero-order valence-corrected chi connectivity index (χ0v) is 15.6. The molecule has 1 saturated heterocycles. The maximum absolute atomic E-state index is 5.52. The maximum Gasteiger partial charge on any atom is 0.102 e. The lowest BCUT2D eigenvalue weighted by molar-refractivity contribution is -0.933. The summed E-state index contributed by atoms with van der Waals surface area (Å²) in [6, 6.07) is 0. The quantitative estimate of drug-likeness (QED) is 0.301. The van der Waals surface area contributed by atoms with Gasteiger partial charge < -0.3 is 9.22 Å². The molecule has 132 valence electrons. The fourth-order valence-electron chi connectivity index (χ4n) is 3.72.